The molecule has 1 aromatic rings. The Hall–Kier alpha value is -1.42. The molecule has 0 spiro atoms. The SMILES string of the molecule is CC(C)C1(C(=O)N(C)c2ccccc2F)CCNC1. The standard InChI is InChI=1S/C15H21FN2O/c1-11(2)15(8-9-17-10-15)14(19)18(3)13-7-5-4-6-12(13)16/h4-7,11,17H,8-10H2,1-3H3. The molecule has 1 heterocycles. The lowest BCUT2D eigenvalue weighted by molar-refractivity contribution is -0.129. The Morgan fingerprint density at radius 2 is 2.11 bits per heavy atom. The maximum absolute atomic E-state index is 13.8. The van der Waals surface area contributed by atoms with Gasteiger partial charge in [0.05, 0.1) is 11.1 Å². The van der Waals surface area contributed by atoms with Gasteiger partial charge in [0.15, 0.2) is 0 Å². The lowest BCUT2D eigenvalue weighted by Crippen LogP contribution is -2.47. The molecular weight excluding hydrogens is 243 g/mol. The van der Waals surface area contributed by atoms with Gasteiger partial charge in [0.25, 0.3) is 0 Å². The second kappa shape index (κ2) is 5.29. The summed E-state index contributed by atoms with van der Waals surface area (Å²) in [5, 5.41) is 3.26. The van der Waals surface area contributed by atoms with Gasteiger partial charge < -0.3 is 10.2 Å². The minimum Gasteiger partial charge on any atom is -0.316 e. The van der Waals surface area contributed by atoms with Crippen molar-refractivity contribution in [1.29, 1.82) is 0 Å². The Morgan fingerprint density at radius 1 is 1.42 bits per heavy atom. The summed E-state index contributed by atoms with van der Waals surface area (Å²) in [6.45, 7) is 5.62. The molecule has 1 atom stereocenters. The summed E-state index contributed by atoms with van der Waals surface area (Å²) in [4.78, 5) is 14.2. The Balaban J connectivity index is 2.30. The second-order valence-electron chi connectivity index (χ2n) is 5.55. The minimum absolute atomic E-state index is 0.00222. The average molecular weight is 264 g/mol. The van der Waals surface area contributed by atoms with Crippen LogP contribution in [0, 0.1) is 17.2 Å². The number of para-hydroxylation sites is 1. The van der Waals surface area contributed by atoms with Gasteiger partial charge in [0.2, 0.25) is 5.91 Å². The largest absolute Gasteiger partial charge is 0.316 e. The van der Waals surface area contributed by atoms with E-state index >= 15 is 0 Å². The van der Waals surface area contributed by atoms with Gasteiger partial charge in [-0.3, -0.25) is 4.79 Å². The highest BCUT2D eigenvalue weighted by molar-refractivity contribution is 5.97. The van der Waals surface area contributed by atoms with Crippen LogP contribution >= 0.6 is 0 Å². The van der Waals surface area contributed by atoms with Gasteiger partial charge in [0.1, 0.15) is 5.82 Å². The number of nitrogens with zero attached hydrogens (tertiary/aromatic N) is 1. The number of benzene rings is 1. The van der Waals surface area contributed by atoms with Crippen molar-refractivity contribution in [3.8, 4) is 0 Å². The maximum atomic E-state index is 13.8. The number of carbonyl (C=O) groups is 1. The molecule has 1 N–H and O–H groups in total. The predicted octanol–water partition coefficient (Wildman–Crippen LogP) is 2.42. The van der Waals surface area contributed by atoms with Crippen LogP contribution in [-0.2, 0) is 4.79 Å². The van der Waals surface area contributed by atoms with Crippen molar-refractivity contribution in [2.75, 3.05) is 25.0 Å². The molecule has 1 fully saturated rings. The van der Waals surface area contributed by atoms with E-state index in [1.807, 2.05) is 0 Å². The molecule has 1 unspecified atom stereocenters. The van der Waals surface area contributed by atoms with E-state index in [-0.39, 0.29) is 17.6 Å². The number of rotatable bonds is 3. The predicted molar refractivity (Wildman–Crippen MR) is 74.6 cm³/mol. The zero-order valence-electron chi connectivity index (χ0n) is 11.7. The third-order valence-electron chi connectivity index (χ3n) is 4.24. The topological polar surface area (TPSA) is 32.3 Å². The van der Waals surface area contributed by atoms with Crippen molar-refractivity contribution >= 4 is 11.6 Å². The first-order valence-corrected chi connectivity index (χ1v) is 6.72. The molecule has 0 aliphatic carbocycles. The molecule has 3 nitrogen and oxygen atoms in total. The highest BCUT2D eigenvalue weighted by atomic mass is 19.1. The molecule has 0 aromatic heterocycles. The first-order chi connectivity index (χ1) is 8.99. The van der Waals surface area contributed by atoms with Crippen LogP contribution in [0.3, 0.4) is 0 Å². The molecule has 0 radical (unpaired) electrons. The molecule has 1 aliphatic rings. The number of anilines is 1. The Bertz CT molecular complexity index is 467. The monoisotopic (exact) mass is 264 g/mol. The number of halogens is 1. The number of nitrogens with one attached hydrogen (secondary N) is 1. The smallest absolute Gasteiger partial charge is 0.234 e. The first kappa shape index (κ1) is 14.0. The Labute approximate surface area is 113 Å². The highest BCUT2D eigenvalue weighted by Gasteiger charge is 2.45. The van der Waals surface area contributed by atoms with Gasteiger partial charge in [-0.05, 0) is 31.0 Å². The number of hydrogen-bond donors (Lipinski definition) is 1. The Kier molecular flexibility index (Phi) is 3.90. The zero-order valence-corrected chi connectivity index (χ0v) is 11.7. The average Bonchev–Trinajstić information content (AvgIpc) is 2.88. The van der Waals surface area contributed by atoms with Crippen molar-refractivity contribution in [1.82, 2.24) is 5.32 Å². The van der Waals surface area contributed by atoms with E-state index < -0.39 is 5.41 Å². The van der Waals surface area contributed by atoms with E-state index in [0.29, 0.717) is 12.2 Å². The van der Waals surface area contributed by atoms with Gasteiger partial charge in [0, 0.05) is 13.6 Å². The van der Waals surface area contributed by atoms with Crippen molar-refractivity contribution in [3.63, 3.8) is 0 Å². The van der Waals surface area contributed by atoms with Gasteiger partial charge in [-0.25, -0.2) is 4.39 Å². The lowest BCUT2D eigenvalue weighted by atomic mass is 9.75. The molecular formula is C15H21FN2O. The van der Waals surface area contributed by atoms with Crippen molar-refractivity contribution in [3.05, 3.63) is 30.1 Å². The van der Waals surface area contributed by atoms with Crippen molar-refractivity contribution < 1.29 is 9.18 Å². The van der Waals surface area contributed by atoms with Gasteiger partial charge in [-0.2, -0.15) is 0 Å². The number of carbonyl (C=O) groups excluding carboxylic acids is 1. The maximum Gasteiger partial charge on any atom is 0.234 e. The van der Waals surface area contributed by atoms with E-state index in [0.717, 1.165) is 13.0 Å². The molecule has 19 heavy (non-hydrogen) atoms. The molecule has 0 bridgehead atoms. The van der Waals surface area contributed by atoms with E-state index in [1.54, 1.807) is 25.2 Å². The molecule has 1 saturated heterocycles. The van der Waals surface area contributed by atoms with Crippen LogP contribution in [0.2, 0.25) is 0 Å². The second-order valence-corrected chi connectivity index (χ2v) is 5.55. The van der Waals surface area contributed by atoms with Gasteiger partial charge in [-0.15, -0.1) is 0 Å². The van der Waals surface area contributed by atoms with Crippen LogP contribution in [0.5, 0.6) is 0 Å². The van der Waals surface area contributed by atoms with Gasteiger partial charge >= 0.3 is 0 Å². The quantitative estimate of drug-likeness (QED) is 0.909. The van der Waals surface area contributed by atoms with E-state index in [1.165, 1.54) is 11.0 Å². The van der Waals surface area contributed by atoms with Crippen LogP contribution in [0.15, 0.2) is 24.3 Å². The van der Waals surface area contributed by atoms with E-state index in [4.69, 9.17) is 0 Å². The fourth-order valence-electron chi connectivity index (χ4n) is 2.80. The molecule has 2 rings (SSSR count). The molecule has 4 heteroatoms. The summed E-state index contributed by atoms with van der Waals surface area (Å²) in [5.74, 6) is -0.134. The van der Waals surface area contributed by atoms with Crippen LogP contribution in [-0.4, -0.2) is 26.0 Å². The summed E-state index contributed by atoms with van der Waals surface area (Å²) < 4.78 is 13.8. The summed E-state index contributed by atoms with van der Waals surface area (Å²) in [5.41, 5.74) is -0.0729. The molecule has 0 saturated carbocycles. The van der Waals surface area contributed by atoms with Crippen LogP contribution in [0.25, 0.3) is 0 Å². The van der Waals surface area contributed by atoms with Gasteiger partial charge in [-0.1, -0.05) is 26.0 Å². The summed E-state index contributed by atoms with van der Waals surface area (Å²) in [7, 11) is 1.66. The van der Waals surface area contributed by atoms with E-state index in [2.05, 4.69) is 19.2 Å². The molecule has 1 aromatic carbocycles. The third kappa shape index (κ3) is 2.37. The molecule has 104 valence electrons. The normalized spacial score (nSPS) is 22.8. The minimum atomic E-state index is -0.420. The highest BCUT2D eigenvalue weighted by Crippen LogP contribution is 2.37. The van der Waals surface area contributed by atoms with E-state index in [9.17, 15) is 9.18 Å². The zero-order chi connectivity index (χ0) is 14.0. The number of amides is 1. The first-order valence-electron chi connectivity index (χ1n) is 6.72. The summed E-state index contributed by atoms with van der Waals surface area (Å²) >= 11 is 0. The van der Waals surface area contributed by atoms with Crippen molar-refractivity contribution in [2.24, 2.45) is 11.3 Å². The summed E-state index contributed by atoms with van der Waals surface area (Å²) in [6, 6.07) is 6.40. The third-order valence-corrected chi connectivity index (χ3v) is 4.24. The van der Waals surface area contributed by atoms with Crippen molar-refractivity contribution in [2.45, 2.75) is 20.3 Å². The van der Waals surface area contributed by atoms with Crippen LogP contribution < -0.4 is 10.2 Å². The number of hydrogen-bond acceptors (Lipinski definition) is 2. The summed E-state index contributed by atoms with van der Waals surface area (Å²) in [6.07, 6.45) is 0.808. The fourth-order valence-corrected chi connectivity index (χ4v) is 2.80. The Morgan fingerprint density at radius 3 is 2.63 bits per heavy atom. The fraction of sp³-hybridized carbons (Fsp3) is 0.533. The van der Waals surface area contributed by atoms with Crippen LogP contribution in [0.1, 0.15) is 20.3 Å². The lowest BCUT2D eigenvalue weighted by Gasteiger charge is -2.35. The molecule has 1 aliphatic heterocycles. The molecule has 1 amide bonds. The van der Waals surface area contributed by atoms with Crippen LogP contribution in [0.4, 0.5) is 10.1 Å².